The van der Waals surface area contributed by atoms with Crippen LogP contribution < -0.4 is 0 Å². The third-order valence-corrected chi connectivity index (χ3v) is 2.54. The Kier molecular flexibility index (Phi) is 2.41. The van der Waals surface area contributed by atoms with E-state index in [0.717, 1.165) is 15.4 Å². The fourth-order valence-electron chi connectivity index (χ4n) is 1.04. The molecule has 0 spiro atoms. The van der Waals surface area contributed by atoms with Crippen molar-refractivity contribution in [3.8, 4) is 0 Å². The second-order valence-electron chi connectivity index (χ2n) is 2.46. The van der Waals surface area contributed by atoms with Crippen LogP contribution in [-0.4, -0.2) is 9.97 Å². The summed E-state index contributed by atoms with van der Waals surface area (Å²) in [6.45, 7) is 0. The van der Waals surface area contributed by atoms with Crippen molar-refractivity contribution in [3.05, 3.63) is 33.1 Å². The van der Waals surface area contributed by atoms with Crippen LogP contribution in [0.2, 0.25) is 10.3 Å². The Bertz CT molecular complexity index is 468. The maximum Gasteiger partial charge on any atom is 0.222 e. The van der Waals surface area contributed by atoms with Gasteiger partial charge in [-0.2, -0.15) is 0 Å². The minimum Gasteiger partial charge on any atom is -0.226 e. The van der Waals surface area contributed by atoms with Crippen LogP contribution >= 0.6 is 39.1 Å². The number of rotatable bonds is 0. The van der Waals surface area contributed by atoms with E-state index in [1.807, 2.05) is 6.07 Å². The summed E-state index contributed by atoms with van der Waals surface area (Å²) >= 11 is 14.9. The monoisotopic (exact) mass is 276 g/mol. The Morgan fingerprint density at radius 2 is 2.00 bits per heavy atom. The molecule has 0 aliphatic heterocycles. The number of aromatic nitrogens is 2. The van der Waals surface area contributed by atoms with Crippen molar-refractivity contribution in [1.82, 2.24) is 9.97 Å². The van der Waals surface area contributed by atoms with Crippen molar-refractivity contribution < 1.29 is 0 Å². The second kappa shape index (κ2) is 3.40. The van der Waals surface area contributed by atoms with E-state index in [1.165, 1.54) is 0 Å². The lowest BCUT2D eigenvalue weighted by Gasteiger charge is -2.00. The predicted octanol–water partition coefficient (Wildman–Crippen LogP) is 3.70. The summed E-state index contributed by atoms with van der Waals surface area (Å²) < 4.78 is 0.875. The zero-order chi connectivity index (χ0) is 9.42. The first-order chi connectivity index (χ1) is 6.16. The largest absolute Gasteiger partial charge is 0.226 e. The molecular formula is C8H3BrCl2N2. The Morgan fingerprint density at radius 3 is 2.77 bits per heavy atom. The Morgan fingerprint density at radius 1 is 1.23 bits per heavy atom. The molecule has 0 atom stereocenters. The van der Waals surface area contributed by atoms with Crippen molar-refractivity contribution >= 4 is 50.0 Å². The van der Waals surface area contributed by atoms with Crippen molar-refractivity contribution in [1.29, 1.82) is 0 Å². The van der Waals surface area contributed by atoms with E-state index in [-0.39, 0.29) is 5.28 Å². The smallest absolute Gasteiger partial charge is 0.222 e. The number of hydrogen-bond acceptors (Lipinski definition) is 2. The molecule has 0 radical (unpaired) electrons. The lowest BCUT2D eigenvalue weighted by Crippen LogP contribution is -1.84. The molecule has 0 unspecified atom stereocenters. The SMILES string of the molecule is Clc1ncc2c(Cl)cc(Br)cc2n1. The first-order valence-corrected chi connectivity index (χ1v) is 4.99. The molecule has 0 bridgehead atoms. The molecular weight excluding hydrogens is 275 g/mol. The topological polar surface area (TPSA) is 25.8 Å². The number of nitrogens with zero attached hydrogens (tertiary/aromatic N) is 2. The van der Waals surface area contributed by atoms with Crippen LogP contribution in [0.25, 0.3) is 10.9 Å². The lowest BCUT2D eigenvalue weighted by molar-refractivity contribution is 1.22. The van der Waals surface area contributed by atoms with E-state index in [4.69, 9.17) is 23.2 Å². The molecule has 0 aliphatic rings. The van der Waals surface area contributed by atoms with Crippen molar-refractivity contribution in [2.45, 2.75) is 0 Å². The molecule has 0 saturated heterocycles. The Balaban J connectivity index is 2.86. The van der Waals surface area contributed by atoms with Crippen molar-refractivity contribution in [2.24, 2.45) is 0 Å². The van der Waals surface area contributed by atoms with Crippen molar-refractivity contribution in [3.63, 3.8) is 0 Å². The fourth-order valence-corrected chi connectivity index (χ4v) is 2.02. The van der Waals surface area contributed by atoms with Gasteiger partial charge in [-0.05, 0) is 23.7 Å². The fraction of sp³-hybridized carbons (Fsp3) is 0. The molecule has 2 nitrogen and oxygen atoms in total. The van der Waals surface area contributed by atoms with Gasteiger partial charge in [0, 0.05) is 16.1 Å². The highest BCUT2D eigenvalue weighted by Gasteiger charge is 2.03. The van der Waals surface area contributed by atoms with Gasteiger partial charge in [0.05, 0.1) is 10.5 Å². The van der Waals surface area contributed by atoms with Crippen LogP contribution in [0.4, 0.5) is 0 Å². The number of fused-ring (bicyclic) bond motifs is 1. The summed E-state index contributed by atoms with van der Waals surface area (Å²) in [4.78, 5) is 7.89. The van der Waals surface area contributed by atoms with Gasteiger partial charge in [-0.15, -0.1) is 0 Å². The van der Waals surface area contributed by atoms with Crippen LogP contribution in [0.15, 0.2) is 22.8 Å². The summed E-state index contributed by atoms with van der Waals surface area (Å²) in [5.41, 5.74) is 0.736. The van der Waals surface area contributed by atoms with E-state index in [1.54, 1.807) is 12.3 Å². The Hall–Kier alpha value is -0.380. The van der Waals surface area contributed by atoms with Gasteiger partial charge in [0.25, 0.3) is 0 Å². The van der Waals surface area contributed by atoms with Gasteiger partial charge in [0.15, 0.2) is 0 Å². The minimum absolute atomic E-state index is 0.224. The normalized spacial score (nSPS) is 10.7. The first-order valence-electron chi connectivity index (χ1n) is 3.44. The van der Waals surface area contributed by atoms with Gasteiger partial charge in [0.1, 0.15) is 0 Å². The molecule has 0 aliphatic carbocycles. The van der Waals surface area contributed by atoms with Gasteiger partial charge in [-0.25, -0.2) is 9.97 Å². The van der Waals surface area contributed by atoms with Gasteiger partial charge in [-0.1, -0.05) is 27.5 Å². The quantitative estimate of drug-likeness (QED) is 0.686. The van der Waals surface area contributed by atoms with Crippen LogP contribution in [0.1, 0.15) is 0 Å². The molecule has 66 valence electrons. The average Bonchev–Trinajstić information content (AvgIpc) is 2.02. The summed E-state index contributed by atoms with van der Waals surface area (Å²) in [7, 11) is 0. The molecule has 2 aromatic rings. The molecule has 1 aromatic carbocycles. The molecule has 1 heterocycles. The Labute approximate surface area is 93.0 Å². The third kappa shape index (κ3) is 1.77. The molecule has 0 fully saturated rings. The predicted molar refractivity (Wildman–Crippen MR) is 57.3 cm³/mol. The molecule has 0 saturated carbocycles. The zero-order valence-corrected chi connectivity index (χ0v) is 9.36. The van der Waals surface area contributed by atoms with E-state index in [0.29, 0.717) is 5.02 Å². The van der Waals surface area contributed by atoms with Crippen LogP contribution in [-0.2, 0) is 0 Å². The standard InChI is InChI=1S/C8H3BrCl2N2/c9-4-1-6(10)5-3-12-8(11)13-7(5)2-4/h1-3H. The minimum atomic E-state index is 0.224. The van der Waals surface area contributed by atoms with Crippen molar-refractivity contribution in [2.75, 3.05) is 0 Å². The van der Waals surface area contributed by atoms with Gasteiger partial charge < -0.3 is 0 Å². The molecule has 2 rings (SSSR count). The molecule has 0 amide bonds. The lowest BCUT2D eigenvalue weighted by atomic mass is 10.2. The van der Waals surface area contributed by atoms with E-state index in [9.17, 15) is 0 Å². The molecule has 1 aromatic heterocycles. The average molecular weight is 278 g/mol. The number of halogens is 3. The highest BCUT2D eigenvalue weighted by atomic mass is 79.9. The zero-order valence-electron chi connectivity index (χ0n) is 6.26. The second-order valence-corrected chi connectivity index (χ2v) is 4.12. The summed E-state index contributed by atoms with van der Waals surface area (Å²) in [5.74, 6) is 0. The van der Waals surface area contributed by atoms with Gasteiger partial charge in [-0.3, -0.25) is 0 Å². The van der Waals surface area contributed by atoms with Crippen LogP contribution in [0.3, 0.4) is 0 Å². The van der Waals surface area contributed by atoms with Crippen LogP contribution in [0, 0.1) is 0 Å². The maximum absolute atomic E-state index is 5.96. The summed E-state index contributed by atoms with van der Waals surface area (Å²) in [6, 6.07) is 3.63. The number of benzene rings is 1. The highest BCUT2D eigenvalue weighted by molar-refractivity contribution is 9.10. The summed E-state index contributed by atoms with van der Waals surface area (Å²) in [6.07, 6.45) is 1.61. The first kappa shape index (κ1) is 9.19. The summed E-state index contributed by atoms with van der Waals surface area (Å²) in [5, 5.41) is 1.64. The molecule has 13 heavy (non-hydrogen) atoms. The van der Waals surface area contributed by atoms with Crippen LogP contribution in [0.5, 0.6) is 0 Å². The van der Waals surface area contributed by atoms with E-state index >= 15 is 0 Å². The highest BCUT2D eigenvalue weighted by Crippen LogP contribution is 2.26. The third-order valence-electron chi connectivity index (χ3n) is 1.59. The van der Waals surface area contributed by atoms with Gasteiger partial charge >= 0.3 is 0 Å². The van der Waals surface area contributed by atoms with Gasteiger partial charge in [0.2, 0.25) is 5.28 Å². The number of hydrogen-bond donors (Lipinski definition) is 0. The van der Waals surface area contributed by atoms with E-state index < -0.39 is 0 Å². The molecule has 5 heteroatoms. The maximum atomic E-state index is 5.96. The van der Waals surface area contributed by atoms with E-state index in [2.05, 4.69) is 25.9 Å². The molecule has 0 N–H and O–H groups in total.